The number of thioether (sulfide) groups is 1. The van der Waals surface area contributed by atoms with Crippen molar-refractivity contribution in [3.05, 3.63) is 30.3 Å². The van der Waals surface area contributed by atoms with Gasteiger partial charge in [-0.1, -0.05) is 61.4 Å². The van der Waals surface area contributed by atoms with Crippen molar-refractivity contribution in [2.24, 2.45) is 0 Å². The van der Waals surface area contributed by atoms with E-state index < -0.39 is 0 Å². The highest BCUT2D eigenvalue weighted by molar-refractivity contribution is 7.99. The second-order valence-electron chi connectivity index (χ2n) is 6.83. The highest BCUT2D eigenvalue weighted by Crippen LogP contribution is 2.31. The lowest BCUT2D eigenvalue weighted by atomic mass is 10.2. The van der Waals surface area contributed by atoms with E-state index in [1.165, 1.54) is 25.7 Å². The van der Waals surface area contributed by atoms with Gasteiger partial charge in [0.05, 0.1) is 12.6 Å². The first kappa shape index (κ1) is 18.1. The Bertz CT molecular complexity index is 825. The number of benzene rings is 1. The van der Waals surface area contributed by atoms with Crippen molar-refractivity contribution in [1.82, 2.24) is 40.4 Å². The number of aromatic nitrogens is 8. The van der Waals surface area contributed by atoms with E-state index in [4.69, 9.17) is 0 Å². The molecule has 9 heteroatoms. The largest absolute Gasteiger partial charge is 0.217 e. The van der Waals surface area contributed by atoms with Crippen molar-refractivity contribution in [2.75, 3.05) is 5.75 Å². The maximum Gasteiger partial charge on any atom is 0.209 e. The molecule has 0 saturated heterocycles. The third-order valence-corrected chi connectivity index (χ3v) is 5.87. The molecule has 0 N–H and O–H groups in total. The number of hydrogen-bond donors (Lipinski definition) is 0. The summed E-state index contributed by atoms with van der Waals surface area (Å²) >= 11 is 1.76. The van der Waals surface area contributed by atoms with Gasteiger partial charge in [-0.25, -0.2) is 4.68 Å². The van der Waals surface area contributed by atoms with Crippen LogP contribution in [-0.4, -0.2) is 46.2 Å². The topological polar surface area (TPSA) is 87.2 Å². The molecule has 8 nitrogen and oxygen atoms in total. The van der Waals surface area contributed by atoms with Crippen LogP contribution in [0, 0.1) is 0 Å². The minimum Gasteiger partial charge on any atom is -0.217 e. The Hall–Kier alpha value is -2.29. The van der Waals surface area contributed by atoms with Crippen LogP contribution in [-0.2, 0) is 6.54 Å². The van der Waals surface area contributed by atoms with Crippen LogP contribution in [0.4, 0.5) is 0 Å². The number of unbranched alkanes of at least 4 members (excludes halogenated alkanes) is 2. The zero-order chi connectivity index (χ0) is 18.3. The first-order chi connectivity index (χ1) is 13.4. The molecule has 0 amide bonds. The van der Waals surface area contributed by atoms with Gasteiger partial charge in [0.1, 0.15) is 0 Å². The summed E-state index contributed by atoms with van der Waals surface area (Å²) in [6.45, 7) is 0.796. The summed E-state index contributed by atoms with van der Waals surface area (Å²) in [5.74, 6) is 1.72. The van der Waals surface area contributed by atoms with Gasteiger partial charge in [-0.15, -0.1) is 15.3 Å². The standard InChI is InChI=1S/C18H24N8S/c1-3-9-15(10-4-1)17-19-23-25(21-17)13-7-2-8-14-27-18-20-22-24-26(18)16-11-5-6-12-16/h1,3-4,9-10,16H,2,5-8,11-14H2. The molecule has 3 aromatic rings. The summed E-state index contributed by atoms with van der Waals surface area (Å²) in [6, 6.07) is 10.4. The zero-order valence-corrected chi connectivity index (χ0v) is 16.1. The molecule has 0 atom stereocenters. The quantitative estimate of drug-likeness (QED) is 0.413. The third-order valence-electron chi connectivity index (χ3n) is 4.85. The van der Waals surface area contributed by atoms with E-state index in [0.29, 0.717) is 11.9 Å². The molecule has 2 heterocycles. The summed E-state index contributed by atoms with van der Waals surface area (Å²) < 4.78 is 2.03. The van der Waals surface area contributed by atoms with Gasteiger partial charge in [-0.2, -0.15) is 4.80 Å². The molecule has 1 saturated carbocycles. The smallest absolute Gasteiger partial charge is 0.209 e. The van der Waals surface area contributed by atoms with Gasteiger partial charge in [0, 0.05) is 11.3 Å². The van der Waals surface area contributed by atoms with Crippen molar-refractivity contribution in [3.63, 3.8) is 0 Å². The van der Waals surface area contributed by atoms with E-state index in [-0.39, 0.29) is 0 Å². The minimum atomic E-state index is 0.500. The first-order valence-electron chi connectivity index (χ1n) is 9.64. The third kappa shape index (κ3) is 4.71. The lowest BCUT2D eigenvalue weighted by Gasteiger charge is -2.10. The second-order valence-corrected chi connectivity index (χ2v) is 7.89. The monoisotopic (exact) mass is 384 g/mol. The summed E-state index contributed by atoms with van der Waals surface area (Å²) in [5, 5.41) is 25.9. The van der Waals surface area contributed by atoms with Crippen molar-refractivity contribution in [3.8, 4) is 11.4 Å². The molecule has 0 spiro atoms. The van der Waals surface area contributed by atoms with Crippen LogP contribution in [0.25, 0.3) is 11.4 Å². The molecule has 4 rings (SSSR count). The molecule has 1 aromatic carbocycles. The van der Waals surface area contributed by atoms with Gasteiger partial charge < -0.3 is 0 Å². The number of rotatable bonds is 9. The maximum atomic E-state index is 4.45. The molecule has 0 bridgehead atoms. The molecular weight excluding hydrogens is 360 g/mol. The molecule has 1 aliphatic carbocycles. The van der Waals surface area contributed by atoms with Crippen LogP contribution < -0.4 is 0 Å². The average molecular weight is 385 g/mol. The minimum absolute atomic E-state index is 0.500. The Labute approximate surface area is 162 Å². The van der Waals surface area contributed by atoms with Crippen LogP contribution in [0.3, 0.4) is 0 Å². The number of tetrazole rings is 2. The fourth-order valence-electron chi connectivity index (χ4n) is 3.39. The lowest BCUT2D eigenvalue weighted by Crippen LogP contribution is -2.08. The Kier molecular flexibility index (Phi) is 6.08. The van der Waals surface area contributed by atoms with E-state index in [9.17, 15) is 0 Å². The number of nitrogens with zero attached hydrogens (tertiary/aromatic N) is 8. The van der Waals surface area contributed by atoms with Gasteiger partial charge >= 0.3 is 0 Å². The number of hydrogen-bond acceptors (Lipinski definition) is 7. The first-order valence-corrected chi connectivity index (χ1v) is 10.6. The van der Waals surface area contributed by atoms with Gasteiger partial charge in [-0.3, -0.25) is 0 Å². The van der Waals surface area contributed by atoms with Crippen LogP contribution in [0.1, 0.15) is 51.0 Å². The molecule has 0 radical (unpaired) electrons. The predicted molar refractivity (Wildman–Crippen MR) is 103 cm³/mol. The Morgan fingerprint density at radius 3 is 2.67 bits per heavy atom. The highest BCUT2D eigenvalue weighted by atomic mass is 32.2. The predicted octanol–water partition coefficient (Wildman–Crippen LogP) is 3.40. The maximum absolute atomic E-state index is 4.45. The number of aryl methyl sites for hydroxylation is 1. The van der Waals surface area contributed by atoms with E-state index in [2.05, 4.69) is 30.9 Å². The summed E-state index contributed by atoms with van der Waals surface area (Å²) in [7, 11) is 0. The van der Waals surface area contributed by atoms with E-state index in [0.717, 1.165) is 42.3 Å². The fraction of sp³-hybridized carbons (Fsp3) is 0.556. The van der Waals surface area contributed by atoms with Gasteiger partial charge in [0.2, 0.25) is 11.0 Å². The van der Waals surface area contributed by atoms with E-state index in [1.54, 1.807) is 16.6 Å². The zero-order valence-electron chi connectivity index (χ0n) is 15.3. The Morgan fingerprint density at radius 2 is 1.81 bits per heavy atom. The van der Waals surface area contributed by atoms with Crippen molar-refractivity contribution < 1.29 is 0 Å². The molecule has 1 aliphatic rings. The van der Waals surface area contributed by atoms with Crippen molar-refractivity contribution in [1.29, 1.82) is 0 Å². The van der Waals surface area contributed by atoms with Crippen LogP contribution in [0.2, 0.25) is 0 Å². The lowest BCUT2D eigenvalue weighted by molar-refractivity contribution is 0.423. The van der Waals surface area contributed by atoms with Crippen LogP contribution in [0.5, 0.6) is 0 Å². The molecule has 142 valence electrons. The molecule has 2 aromatic heterocycles. The summed E-state index contributed by atoms with van der Waals surface area (Å²) in [6.07, 6.45) is 8.28. The highest BCUT2D eigenvalue weighted by Gasteiger charge is 2.21. The fourth-order valence-corrected chi connectivity index (χ4v) is 4.34. The SMILES string of the molecule is c1ccc(-c2nnn(CCCCCSc3nnnn3C3CCCC3)n2)cc1. The molecule has 0 aliphatic heterocycles. The van der Waals surface area contributed by atoms with E-state index in [1.807, 2.05) is 35.0 Å². The van der Waals surface area contributed by atoms with E-state index >= 15 is 0 Å². The van der Waals surface area contributed by atoms with Gasteiger partial charge in [0.15, 0.2) is 0 Å². The van der Waals surface area contributed by atoms with Crippen molar-refractivity contribution >= 4 is 11.8 Å². The van der Waals surface area contributed by atoms with Gasteiger partial charge in [-0.05, 0) is 41.3 Å². The average Bonchev–Trinajstić information content (AvgIpc) is 3.46. The molecule has 0 unspecified atom stereocenters. The van der Waals surface area contributed by atoms with Crippen LogP contribution >= 0.6 is 11.8 Å². The Morgan fingerprint density at radius 1 is 0.963 bits per heavy atom. The normalized spacial score (nSPS) is 14.8. The van der Waals surface area contributed by atoms with Gasteiger partial charge in [0.25, 0.3) is 0 Å². The summed E-state index contributed by atoms with van der Waals surface area (Å²) in [4.78, 5) is 1.69. The van der Waals surface area contributed by atoms with Crippen molar-refractivity contribution in [2.45, 2.75) is 62.7 Å². The summed E-state index contributed by atoms with van der Waals surface area (Å²) in [5.41, 5.74) is 1.00. The molecule has 1 fully saturated rings. The Balaban J connectivity index is 1.16. The molecular formula is C18H24N8S. The molecule has 27 heavy (non-hydrogen) atoms. The second kappa shape index (κ2) is 9.07. The van der Waals surface area contributed by atoms with Crippen LogP contribution in [0.15, 0.2) is 35.5 Å².